The van der Waals surface area contributed by atoms with Crippen LogP contribution in [0.15, 0.2) is 24.3 Å². The fraction of sp³-hybridized carbons (Fsp3) is 0.538. The fourth-order valence-corrected chi connectivity index (χ4v) is 3.14. The minimum Gasteiger partial charge on any atom is -0.394 e. The zero-order valence-electron chi connectivity index (χ0n) is 10.4. The van der Waals surface area contributed by atoms with Gasteiger partial charge in [-0.25, -0.2) is 0 Å². The van der Waals surface area contributed by atoms with E-state index in [0.29, 0.717) is 10.8 Å². The van der Waals surface area contributed by atoms with Crippen molar-refractivity contribution in [2.45, 2.75) is 30.7 Å². The molecule has 3 nitrogen and oxygen atoms in total. The van der Waals surface area contributed by atoms with Crippen LogP contribution in [0, 0.1) is 0 Å². The van der Waals surface area contributed by atoms with E-state index in [2.05, 4.69) is 0 Å². The molecule has 18 heavy (non-hydrogen) atoms. The summed E-state index contributed by atoms with van der Waals surface area (Å²) in [6.07, 6.45) is 0.139. The standard InChI is InChI=1S/C13H20ClNO2S/c1-2-12(15)13(18-8-11(17)7-16)9-4-3-5-10(14)6-9/h3-6,11-13,16-17H,2,7-8,15H2,1H3. The topological polar surface area (TPSA) is 66.5 Å². The Hall–Kier alpha value is -0.260. The summed E-state index contributed by atoms with van der Waals surface area (Å²) < 4.78 is 0. The summed E-state index contributed by atoms with van der Waals surface area (Å²) in [5, 5.41) is 19.0. The number of nitrogens with two attached hydrogens (primary N) is 1. The van der Waals surface area contributed by atoms with E-state index in [1.54, 1.807) is 11.8 Å². The molecule has 4 N–H and O–H groups in total. The van der Waals surface area contributed by atoms with Crippen molar-refractivity contribution in [1.29, 1.82) is 0 Å². The Kier molecular flexibility index (Phi) is 7.04. The third-order valence-corrected chi connectivity index (χ3v) is 4.51. The van der Waals surface area contributed by atoms with E-state index < -0.39 is 6.10 Å². The van der Waals surface area contributed by atoms with Crippen molar-refractivity contribution >= 4 is 23.4 Å². The van der Waals surface area contributed by atoms with Gasteiger partial charge in [-0.3, -0.25) is 0 Å². The summed E-state index contributed by atoms with van der Waals surface area (Å²) in [5.74, 6) is 0.460. The van der Waals surface area contributed by atoms with Crippen LogP contribution in [0.2, 0.25) is 5.02 Å². The van der Waals surface area contributed by atoms with Crippen LogP contribution in [-0.4, -0.2) is 34.7 Å². The molecule has 0 saturated carbocycles. The monoisotopic (exact) mass is 289 g/mol. The molecule has 0 heterocycles. The number of rotatable bonds is 7. The number of halogens is 1. The van der Waals surface area contributed by atoms with E-state index in [1.807, 2.05) is 31.2 Å². The first-order valence-electron chi connectivity index (χ1n) is 6.00. The van der Waals surface area contributed by atoms with Crippen molar-refractivity contribution in [2.75, 3.05) is 12.4 Å². The number of thioether (sulfide) groups is 1. The van der Waals surface area contributed by atoms with E-state index in [9.17, 15) is 5.11 Å². The van der Waals surface area contributed by atoms with Gasteiger partial charge in [-0.15, -0.1) is 11.8 Å². The number of aliphatic hydroxyl groups excluding tert-OH is 2. The lowest BCUT2D eigenvalue weighted by Crippen LogP contribution is -2.27. The second-order valence-corrected chi connectivity index (χ2v) is 5.83. The first-order valence-corrected chi connectivity index (χ1v) is 7.42. The Morgan fingerprint density at radius 1 is 1.44 bits per heavy atom. The van der Waals surface area contributed by atoms with Crippen molar-refractivity contribution in [3.05, 3.63) is 34.9 Å². The molecular formula is C13H20ClNO2S. The normalized spacial score (nSPS) is 16.3. The van der Waals surface area contributed by atoms with Crippen molar-refractivity contribution in [2.24, 2.45) is 5.73 Å². The first kappa shape index (κ1) is 15.8. The summed E-state index contributed by atoms with van der Waals surface area (Å²) in [4.78, 5) is 0. The van der Waals surface area contributed by atoms with Crippen molar-refractivity contribution in [3.63, 3.8) is 0 Å². The molecule has 3 unspecified atom stereocenters. The van der Waals surface area contributed by atoms with Gasteiger partial charge in [0.15, 0.2) is 0 Å². The Morgan fingerprint density at radius 2 is 2.17 bits per heavy atom. The van der Waals surface area contributed by atoms with E-state index in [1.165, 1.54) is 0 Å². The van der Waals surface area contributed by atoms with E-state index >= 15 is 0 Å². The summed E-state index contributed by atoms with van der Waals surface area (Å²) >= 11 is 7.54. The van der Waals surface area contributed by atoms with E-state index in [4.69, 9.17) is 22.4 Å². The predicted molar refractivity (Wildman–Crippen MR) is 78.0 cm³/mol. The van der Waals surface area contributed by atoms with Crippen LogP contribution in [-0.2, 0) is 0 Å². The molecule has 0 aliphatic heterocycles. The zero-order valence-corrected chi connectivity index (χ0v) is 12.0. The number of benzene rings is 1. The highest BCUT2D eigenvalue weighted by molar-refractivity contribution is 7.99. The Balaban J connectivity index is 2.78. The lowest BCUT2D eigenvalue weighted by molar-refractivity contribution is 0.113. The second kappa shape index (κ2) is 8.02. The average molecular weight is 290 g/mol. The third kappa shape index (κ3) is 4.78. The molecule has 102 valence electrons. The molecule has 0 bridgehead atoms. The quantitative estimate of drug-likeness (QED) is 0.720. The van der Waals surface area contributed by atoms with Crippen LogP contribution in [0.3, 0.4) is 0 Å². The maximum atomic E-state index is 9.43. The van der Waals surface area contributed by atoms with Gasteiger partial charge in [0, 0.05) is 22.1 Å². The van der Waals surface area contributed by atoms with Gasteiger partial charge in [0.25, 0.3) is 0 Å². The smallest absolute Gasteiger partial charge is 0.0861 e. The molecule has 0 radical (unpaired) electrons. The lowest BCUT2D eigenvalue weighted by atomic mass is 10.0. The minimum atomic E-state index is -0.708. The first-order chi connectivity index (χ1) is 8.58. The molecule has 1 rings (SSSR count). The third-order valence-electron chi connectivity index (χ3n) is 2.72. The molecule has 0 aromatic heterocycles. The van der Waals surface area contributed by atoms with Gasteiger partial charge < -0.3 is 15.9 Å². The van der Waals surface area contributed by atoms with Crippen LogP contribution in [0.1, 0.15) is 24.2 Å². The number of hydrogen-bond acceptors (Lipinski definition) is 4. The molecule has 0 aliphatic rings. The average Bonchev–Trinajstić information content (AvgIpc) is 2.38. The van der Waals surface area contributed by atoms with Crippen LogP contribution < -0.4 is 5.73 Å². The van der Waals surface area contributed by atoms with E-state index in [-0.39, 0.29) is 17.9 Å². The van der Waals surface area contributed by atoms with Gasteiger partial charge in [0.05, 0.1) is 12.7 Å². The van der Waals surface area contributed by atoms with Gasteiger partial charge >= 0.3 is 0 Å². The van der Waals surface area contributed by atoms with Gasteiger partial charge in [0.1, 0.15) is 0 Å². The van der Waals surface area contributed by atoms with Gasteiger partial charge in [-0.2, -0.15) is 0 Å². The second-order valence-electron chi connectivity index (χ2n) is 4.22. The molecule has 0 spiro atoms. The largest absolute Gasteiger partial charge is 0.394 e. The maximum absolute atomic E-state index is 9.43. The summed E-state index contributed by atoms with van der Waals surface area (Å²) in [6, 6.07) is 7.62. The zero-order chi connectivity index (χ0) is 13.5. The van der Waals surface area contributed by atoms with Gasteiger partial charge in [0.2, 0.25) is 0 Å². The minimum absolute atomic E-state index is 0.000593. The lowest BCUT2D eigenvalue weighted by Gasteiger charge is -2.24. The predicted octanol–water partition coefficient (Wildman–Crippen LogP) is 2.20. The highest BCUT2D eigenvalue weighted by Crippen LogP contribution is 2.34. The van der Waals surface area contributed by atoms with Gasteiger partial charge in [-0.05, 0) is 24.1 Å². The highest BCUT2D eigenvalue weighted by Gasteiger charge is 2.20. The van der Waals surface area contributed by atoms with E-state index in [0.717, 1.165) is 12.0 Å². The molecule has 0 amide bonds. The van der Waals surface area contributed by atoms with Crippen LogP contribution in [0.5, 0.6) is 0 Å². The molecule has 0 aliphatic carbocycles. The van der Waals surface area contributed by atoms with Crippen molar-refractivity contribution < 1.29 is 10.2 Å². The maximum Gasteiger partial charge on any atom is 0.0861 e. The van der Waals surface area contributed by atoms with Gasteiger partial charge in [-0.1, -0.05) is 30.7 Å². The Bertz CT molecular complexity index is 365. The van der Waals surface area contributed by atoms with Crippen molar-refractivity contribution in [3.8, 4) is 0 Å². The van der Waals surface area contributed by atoms with Crippen LogP contribution >= 0.6 is 23.4 Å². The molecule has 1 aromatic carbocycles. The van der Waals surface area contributed by atoms with Crippen molar-refractivity contribution in [1.82, 2.24) is 0 Å². The number of aliphatic hydroxyl groups is 2. The Labute approximate surface area is 117 Å². The summed E-state index contributed by atoms with van der Waals surface area (Å²) in [6.45, 7) is 1.81. The van der Waals surface area contributed by atoms with Crippen LogP contribution in [0.25, 0.3) is 0 Å². The fourth-order valence-electron chi connectivity index (χ4n) is 1.63. The molecule has 0 saturated heterocycles. The Morgan fingerprint density at radius 3 is 2.72 bits per heavy atom. The highest BCUT2D eigenvalue weighted by atomic mass is 35.5. The summed E-state index contributed by atoms with van der Waals surface area (Å²) in [7, 11) is 0. The molecule has 5 heteroatoms. The molecule has 0 fully saturated rings. The summed E-state index contributed by atoms with van der Waals surface area (Å²) in [5.41, 5.74) is 7.18. The molecule has 3 atom stereocenters. The molecular weight excluding hydrogens is 270 g/mol. The number of hydrogen-bond donors (Lipinski definition) is 3. The van der Waals surface area contributed by atoms with Crippen LogP contribution in [0.4, 0.5) is 0 Å². The molecule has 1 aromatic rings. The SMILES string of the molecule is CCC(N)C(SCC(O)CO)c1cccc(Cl)c1.